The van der Waals surface area contributed by atoms with Crippen LogP contribution in [0.1, 0.15) is 36.0 Å². The third kappa shape index (κ3) is 3.74. The molecule has 2 amide bonds. The second kappa shape index (κ2) is 7.80. The van der Waals surface area contributed by atoms with Crippen molar-refractivity contribution in [2.75, 3.05) is 24.4 Å². The zero-order valence-electron chi connectivity index (χ0n) is 15.6. The van der Waals surface area contributed by atoms with Crippen molar-refractivity contribution in [2.24, 2.45) is 0 Å². The standard InChI is InChI=1S/C21H22N2O5/c1-26-14-9-10-15(18(11-14)28-13-5-2-3-6-13)21(25)23-17-8-4-7-16-20(17)27-12-19(24)22-16/h4,7-11,13H,2-3,5-6,12H2,1H3,(H,22,24)(H,23,25). The minimum atomic E-state index is -0.315. The van der Waals surface area contributed by atoms with E-state index in [1.165, 1.54) is 0 Å². The van der Waals surface area contributed by atoms with E-state index < -0.39 is 0 Å². The number of carbonyl (C=O) groups excluding carboxylic acids is 2. The van der Waals surface area contributed by atoms with E-state index in [0.29, 0.717) is 34.2 Å². The van der Waals surface area contributed by atoms with Crippen molar-refractivity contribution in [3.63, 3.8) is 0 Å². The van der Waals surface area contributed by atoms with Crippen LogP contribution in [0.3, 0.4) is 0 Å². The Kier molecular flexibility index (Phi) is 5.06. The lowest BCUT2D eigenvalue weighted by molar-refractivity contribution is -0.118. The van der Waals surface area contributed by atoms with Gasteiger partial charge in [0.25, 0.3) is 11.8 Å². The molecule has 2 aromatic carbocycles. The summed E-state index contributed by atoms with van der Waals surface area (Å²) in [6, 6.07) is 10.4. The van der Waals surface area contributed by atoms with Gasteiger partial charge in [0.05, 0.1) is 30.2 Å². The van der Waals surface area contributed by atoms with Gasteiger partial charge in [0, 0.05) is 6.07 Å². The van der Waals surface area contributed by atoms with E-state index in [0.717, 1.165) is 25.7 Å². The van der Waals surface area contributed by atoms with E-state index in [4.69, 9.17) is 14.2 Å². The van der Waals surface area contributed by atoms with E-state index in [9.17, 15) is 9.59 Å². The first-order valence-corrected chi connectivity index (χ1v) is 9.36. The van der Waals surface area contributed by atoms with E-state index >= 15 is 0 Å². The summed E-state index contributed by atoms with van der Waals surface area (Å²) >= 11 is 0. The molecule has 1 heterocycles. The van der Waals surface area contributed by atoms with Crippen LogP contribution in [0.4, 0.5) is 11.4 Å². The van der Waals surface area contributed by atoms with Crippen molar-refractivity contribution < 1.29 is 23.8 Å². The monoisotopic (exact) mass is 382 g/mol. The lowest BCUT2D eigenvalue weighted by atomic mass is 10.1. The number of hydrogen-bond acceptors (Lipinski definition) is 5. The minimum absolute atomic E-state index is 0.0849. The van der Waals surface area contributed by atoms with Gasteiger partial charge in [-0.05, 0) is 49.9 Å². The van der Waals surface area contributed by atoms with Gasteiger partial charge in [0.1, 0.15) is 11.5 Å². The second-order valence-electron chi connectivity index (χ2n) is 6.86. The fraction of sp³-hybridized carbons (Fsp3) is 0.333. The number of ether oxygens (including phenoxy) is 3. The first-order valence-electron chi connectivity index (χ1n) is 9.36. The maximum atomic E-state index is 13.0. The van der Waals surface area contributed by atoms with Crippen LogP contribution < -0.4 is 24.8 Å². The summed E-state index contributed by atoms with van der Waals surface area (Å²) in [5, 5.41) is 5.60. The summed E-state index contributed by atoms with van der Waals surface area (Å²) in [6.07, 6.45) is 4.35. The van der Waals surface area contributed by atoms with Crippen LogP contribution >= 0.6 is 0 Å². The predicted octanol–water partition coefficient (Wildman–Crippen LogP) is 3.60. The number of anilines is 2. The number of hydrogen-bond donors (Lipinski definition) is 2. The highest BCUT2D eigenvalue weighted by molar-refractivity contribution is 6.08. The molecule has 7 nitrogen and oxygen atoms in total. The zero-order chi connectivity index (χ0) is 19.5. The summed E-state index contributed by atoms with van der Waals surface area (Å²) in [5.41, 5.74) is 1.45. The normalized spacial score (nSPS) is 16.0. The lowest BCUT2D eigenvalue weighted by Gasteiger charge is -2.21. The molecule has 0 radical (unpaired) electrons. The molecule has 28 heavy (non-hydrogen) atoms. The largest absolute Gasteiger partial charge is 0.497 e. The Morgan fingerprint density at radius 1 is 1.21 bits per heavy atom. The maximum Gasteiger partial charge on any atom is 0.262 e. The summed E-state index contributed by atoms with van der Waals surface area (Å²) in [7, 11) is 1.58. The molecule has 2 aliphatic rings. The lowest BCUT2D eigenvalue weighted by Crippen LogP contribution is -2.26. The number of carbonyl (C=O) groups is 2. The van der Waals surface area contributed by atoms with Crippen LogP contribution in [0.5, 0.6) is 17.2 Å². The quantitative estimate of drug-likeness (QED) is 0.825. The fourth-order valence-electron chi connectivity index (χ4n) is 3.50. The predicted molar refractivity (Wildman–Crippen MR) is 104 cm³/mol. The summed E-state index contributed by atoms with van der Waals surface area (Å²) < 4.78 is 16.9. The van der Waals surface area contributed by atoms with Crippen molar-refractivity contribution in [2.45, 2.75) is 31.8 Å². The highest BCUT2D eigenvalue weighted by atomic mass is 16.5. The van der Waals surface area contributed by atoms with Crippen LogP contribution in [0.15, 0.2) is 36.4 Å². The SMILES string of the molecule is COc1ccc(C(=O)Nc2cccc3c2OCC(=O)N3)c(OC2CCCC2)c1. The van der Waals surface area contributed by atoms with Gasteiger partial charge in [-0.1, -0.05) is 6.07 Å². The maximum absolute atomic E-state index is 13.0. The van der Waals surface area contributed by atoms with Crippen LogP contribution in [0.2, 0.25) is 0 Å². The summed E-state index contributed by atoms with van der Waals surface area (Å²) in [6.45, 7) is -0.0849. The molecule has 0 spiro atoms. The molecule has 0 aromatic heterocycles. The molecule has 1 aliphatic carbocycles. The van der Waals surface area contributed by atoms with Gasteiger partial charge >= 0.3 is 0 Å². The van der Waals surface area contributed by atoms with Gasteiger partial charge in [0.15, 0.2) is 12.4 Å². The molecule has 4 rings (SSSR count). The number of para-hydroxylation sites is 1. The van der Waals surface area contributed by atoms with Crippen molar-refractivity contribution in [3.8, 4) is 17.2 Å². The molecule has 0 saturated heterocycles. The molecule has 2 aromatic rings. The van der Waals surface area contributed by atoms with Gasteiger partial charge in [-0.25, -0.2) is 0 Å². The highest BCUT2D eigenvalue weighted by Crippen LogP contribution is 2.36. The average molecular weight is 382 g/mol. The Labute approximate surface area is 163 Å². The Morgan fingerprint density at radius 3 is 2.82 bits per heavy atom. The molecule has 0 atom stereocenters. The number of fused-ring (bicyclic) bond motifs is 1. The molecule has 7 heteroatoms. The molecular formula is C21H22N2O5. The van der Waals surface area contributed by atoms with Crippen LogP contribution in [-0.2, 0) is 4.79 Å². The van der Waals surface area contributed by atoms with E-state index in [2.05, 4.69) is 10.6 Å². The molecule has 1 saturated carbocycles. The van der Waals surface area contributed by atoms with Gasteiger partial charge in [-0.15, -0.1) is 0 Å². The van der Waals surface area contributed by atoms with Crippen LogP contribution in [0, 0.1) is 0 Å². The average Bonchev–Trinajstić information content (AvgIpc) is 3.20. The van der Waals surface area contributed by atoms with Crippen molar-refractivity contribution >= 4 is 23.2 Å². The Balaban J connectivity index is 1.60. The number of nitrogens with one attached hydrogen (secondary N) is 2. The third-order valence-corrected chi connectivity index (χ3v) is 4.91. The van der Waals surface area contributed by atoms with E-state index in [1.54, 1.807) is 43.5 Å². The van der Waals surface area contributed by atoms with Gasteiger partial charge in [0.2, 0.25) is 0 Å². The van der Waals surface area contributed by atoms with Crippen LogP contribution in [-0.4, -0.2) is 31.6 Å². The third-order valence-electron chi connectivity index (χ3n) is 4.91. The molecule has 2 N–H and O–H groups in total. The molecular weight excluding hydrogens is 360 g/mol. The van der Waals surface area contributed by atoms with Gasteiger partial charge in [-0.3, -0.25) is 9.59 Å². The topological polar surface area (TPSA) is 85.9 Å². The van der Waals surface area contributed by atoms with E-state index in [1.807, 2.05) is 0 Å². The smallest absolute Gasteiger partial charge is 0.262 e. The second-order valence-corrected chi connectivity index (χ2v) is 6.86. The highest BCUT2D eigenvalue weighted by Gasteiger charge is 2.23. The van der Waals surface area contributed by atoms with Gasteiger partial charge < -0.3 is 24.8 Å². The molecule has 0 bridgehead atoms. The number of rotatable bonds is 5. The first-order chi connectivity index (χ1) is 13.6. The number of methoxy groups -OCH3 is 1. The summed E-state index contributed by atoms with van der Waals surface area (Å²) in [4.78, 5) is 24.5. The minimum Gasteiger partial charge on any atom is -0.497 e. The van der Waals surface area contributed by atoms with Crippen molar-refractivity contribution in [3.05, 3.63) is 42.0 Å². The Bertz CT molecular complexity index is 906. The molecule has 0 unspecified atom stereocenters. The van der Waals surface area contributed by atoms with E-state index in [-0.39, 0.29) is 24.5 Å². The molecule has 146 valence electrons. The summed E-state index contributed by atoms with van der Waals surface area (Å²) in [5.74, 6) is 1.04. The van der Waals surface area contributed by atoms with Gasteiger partial charge in [-0.2, -0.15) is 0 Å². The van der Waals surface area contributed by atoms with Crippen molar-refractivity contribution in [1.82, 2.24) is 0 Å². The molecule has 1 aliphatic heterocycles. The zero-order valence-corrected chi connectivity index (χ0v) is 15.6. The van der Waals surface area contributed by atoms with Crippen molar-refractivity contribution in [1.29, 1.82) is 0 Å². The van der Waals surface area contributed by atoms with Crippen LogP contribution in [0.25, 0.3) is 0 Å². The Hall–Kier alpha value is -3.22. The number of benzene rings is 2. The first kappa shape index (κ1) is 18.2. The number of amides is 2. The molecule has 1 fully saturated rings. The fourth-order valence-corrected chi connectivity index (χ4v) is 3.50. The Morgan fingerprint density at radius 2 is 2.04 bits per heavy atom.